The average molecular weight is 480 g/mol. The van der Waals surface area contributed by atoms with E-state index in [2.05, 4.69) is 44.5 Å². The Morgan fingerprint density at radius 3 is 2.45 bits per heavy atom. The molecule has 3 aromatic rings. The minimum Gasteiger partial charge on any atom is -0.353 e. The van der Waals surface area contributed by atoms with Gasteiger partial charge in [0, 0.05) is 38.9 Å². The van der Waals surface area contributed by atoms with E-state index in [1.54, 1.807) is 0 Å². The van der Waals surface area contributed by atoms with Crippen LogP contribution in [0.5, 0.6) is 0 Å². The molecule has 0 radical (unpaired) electrons. The fourth-order valence-electron chi connectivity index (χ4n) is 4.04. The third-order valence-electron chi connectivity index (χ3n) is 5.77. The monoisotopic (exact) mass is 479 g/mol. The number of benzene rings is 1. The molecule has 3 heterocycles. The maximum Gasteiger partial charge on any atom is 0.417 e. The minimum absolute atomic E-state index is 0.00129. The van der Waals surface area contributed by atoms with Gasteiger partial charge in [-0.1, -0.05) is 55.3 Å². The van der Waals surface area contributed by atoms with Crippen molar-refractivity contribution >= 4 is 17.4 Å². The first-order valence-corrected chi connectivity index (χ1v) is 11.3. The van der Waals surface area contributed by atoms with E-state index in [1.165, 1.54) is 0 Å². The van der Waals surface area contributed by atoms with Crippen molar-refractivity contribution in [3.05, 3.63) is 64.6 Å². The number of unbranched alkanes of at least 4 members (excludes halogenated alkanes) is 1. The number of alkyl halides is 3. The zero-order chi connectivity index (χ0) is 23.4. The first-order chi connectivity index (χ1) is 15.9. The van der Waals surface area contributed by atoms with Gasteiger partial charge in [0.15, 0.2) is 5.82 Å². The van der Waals surface area contributed by atoms with Crippen molar-refractivity contribution in [1.82, 2.24) is 30.1 Å². The zero-order valence-electron chi connectivity index (χ0n) is 18.2. The van der Waals surface area contributed by atoms with Crippen molar-refractivity contribution < 1.29 is 13.2 Å². The summed E-state index contributed by atoms with van der Waals surface area (Å²) in [7, 11) is 0. The fourth-order valence-corrected chi connectivity index (χ4v) is 4.33. The molecule has 176 valence electrons. The third-order valence-corrected chi connectivity index (χ3v) is 6.05. The second-order valence-electron chi connectivity index (χ2n) is 7.98. The van der Waals surface area contributed by atoms with Crippen LogP contribution in [0.4, 0.5) is 19.0 Å². The molecule has 1 aliphatic rings. The fraction of sp³-hybridized carbons (Fsp3) is 0.455. The molecule has 11 heteroatoms. The summed E-state index contributed by atoms with van der Waals surface area (Å²) in [6.45, 7) is 5.31. The molecule has 1 unspecified atom stereocenters. The smallest absolute Gasteiger partial charge is 0.353 e. The topological polar surface area (TPSA) is 63.0 Å². The highest BCUT2D eigenvalue weighted by atomic mass is 35.5. The van der Waals surface area contributed by atoms with Gasteiger partial charge in [0.05, 0.1) is 16.6 Å². The quantitative estimate of drug-likeness (QED) is 0.499. The number of piperazine rings is 1. The first-order valence-electron chi connectivity index (χ1n) is 10.9. The van der Waals surface area contributed by atoms with Gasteiger partial charge in [-0.05, 0) is 28.5 Å². The number of hydrogen-bond acceptors (Lipinski definition) is 6. The number of hydrogen-bond donors (Lipinski definition) is 0. The van der Waals surface area contributed by atoms with E-state index in [1.807, 2.05) is 27.8 Å². The van der Waals surface area contributed by atoms with E-state index < -0.39 is 11.7 Å². The highest BCUT2D eigenvalue weighted by Gasteiger charge is 2.34. The van der Waals surface area contributed by atoms with Gasteiger partial charge < -0.3 is 4.90 Å². The van der Waals surface area contributed by atoms with E-state index >= 15 is 0 Å². The lowest BCUT2D eigenvalue weighted by Crippen LogP contribution is -2.48. The maximum absolute atomic E-state index is 13.0. The predicted octanol–water partition coefficient (Wildman–Crippen LogP) is 4.45. The van der Waals surface area contributed by atoms with Gasteiger partial charge in [0.25, 0.3) is 0 Å². The van der Waals surface area contributed by atoms with Gasteiger partial charge in [0.1, 0.15) is 5.82 Å². The van der Waals surface area contributed by atoms with Crippen LogP contribution in [-0.4, -0.2) is 56.3 Å². The SMILES string of the molecule is CCCCn1nnnc1C(c1ccccc1)N1CCN(c2ncc(C(F)(F)F)cc2Cl)CC1. The third kappa shape index (κ3) is 5.27. The second-order valence-corrected chi connectivity index (χ2v) is 8.38. The molecule has 0 bridgehead atoms. The van der Waals surface area contributed by atoms with Crippen LogP contribution in [-0.2, 0) is 12.7 Å². The molecule has 1 aromatic carbocycles. The average Bonchev–Trinajstić information content (AvgIpc) is 3.26. The predicted molar refractivity (Wildman–Crippen MR) is 119 cm³/mol. The Hall–Kier alpha value is -2.72. The second kappa shape index (κ2) is 10.0. The van der Waals surface area contributed by atoms with Crippen molar-refractivity contribution in [3.8, 4) is 0 Å². The Bertz CT molecular complexity index is 1050. The van der Waals surface area contributed by atoms with Crippen LogP contribution in [0.1, 0.15) is 42.8 Å². The number of anilines is 1. The van der Waals surface area contributed by atoms with Gasteiger partial charge in [-0.25, -0.2) is 9.67 Å². The minimum atomic E-state index is -4.47. The molecule has 0 spiro atoms. The van der Waals surface area contributed by atoms with Crippen molar-refractivity contribution in [2.75, 3.05) is 31.1 Å². The lowest BCUT2D eigenvalue weighted by molar-refractivity contribution is -0.137. The molecule has 0 N–H and O–H groups in total. The van der Waals surface area contributed by atoms with Gasteiger partial charge in [-0.3, -0.25) is 4.90 Å². The van der Waals surface area contributed by atoms with Crippen LogP contribution in [0.25, 0.3) is 0 Å². The first kappa shape index (κ1) is 23.4. The number of rotatable bonds is 7. The van der Waals surface area contributed by atoms with Crippen LogP contribution < -0.4 is 4.90 Å². The lowest BCUT2D eigenvalue weighted by atomic mass is 10.0. The van der Waals surface area contributed by atoms with Gasteiger partial charge in [0.2, 0.25) is 0 Å². The number of halogens is 4. The van der Waals surface area contributed by atoms with Gasteiger partial charge >= 0.3 is 6.18 Å². The molecule has 1 fully saturated rings. The number of pyridine rings is 1. The molecule has 1 aliphatic heterocycles. The molecule has 2 aromatic heterocycles. The summed E-state index contributed by atoms with van der Waals surface area (Å²) < 4.78 is 40.7. The molecular formula is C22H25ClF3N7. The highest BCUT2D eigenvalue weighted by Crippen LogP contribution is 2.34. The molecule has 1 saturated heterocycles. The lowest BCUT2D eigenvalue weighted by Gasteiger charge is -2.39. The van der Waals surface area contributed by atoms with Gasteiger partial charge in [-0.15, -0.1) is 5.10 Å². The Morgan fingerprint density at radius 2 is 1.82 bits per heavy atom. The van der Waals surface area contributed by atoms with Crippen LogP contribution in [0.15, 0.2) is 42.6 Å². The molecule has 0 amide bonds. The molecule has 0 aliphatic carbocycles. The molecular weight excluding hydrogens is 455 g/mol. The number of aromatic nitrogens is 5. The summed E-state index contributed by atoms with van der Waals surface area (Å²) >= 11 is 6.17. The Kier molecular flexibility index (Phi) is 7.14. The Labute approximate surface area is 195 Å². The standard InChI is InChI=1S/C22H25ClF3N7/c1-2-3-9-33-21(28-29-30-33)19(16-7-5-4-6-8-16)31-10-12-32(13-11-31)20-18(23)14-17(15-27-20)22(24,25)26/h4-8,14-15,19H,2-3,9-13H2,1H3. The number of aryl methyl sites for hydroxylation is 1. The summed E-state index contributed by atoms with van der Waals surface area (Å²) in [4.78, 5) is 8.22. The normalized spacial score (nSPS) is 16.2. The van der Waals surface area contributed by atoms with Crippen LogP contribution in [0, 0.1) is 0 Å². The van der Waals surface area contributed by atoms with E-state index in [0.717, 1.165) is 43.0 Å². The molecule has 1 atom stereocenters. The van der Waals surface area contributed by atoms with E-state index in [0.29, 0.717) is 32.0 Å². The summed E-state index contributed by atoms with van der Waals surface area (Å²) in [5.41, 5.74) is 0.238. The number of tetrazole rings is 1. The summed E-state index contributed by atoms with van der Waals surface area (Å²) in [5, 5.41) is 12.5. The van der Waals surface area contributed by atoms with E-state index in [-0.39, 0.29) is 11.1 Å². The van der Waals surface area contributed by atoms with Crippen molar-refractivity contribution in [1.29, 1.82) is 0 Å². The van der Waals surface area contributed by atoms with E-state index in [4.69, 9.17) is 11.6 Å². The van der Waals surface area contributed by atoms with Crippen LogP contribution >= 0.6 is 11.6 Å². The Morgan fingerprint density at radius 1 is 1.09 bits per heavy atom. The highest BCUT2D eigenvalue weighted by molar-refractivity contribution is 6.33. The van der Waals surface area contributed by atoms with Crippen molar-refractivity contribution in [2.24, 2.45) is 0 Å². The number of nitrogens with zero attached hydrogens (tertiary/aromatic N) is 7. The largest absolute Gasteiger partial charge is 0.417 e. The van der Waals surface area contributed by atoms with Crippen LogP contribution in [0.3, 0.4) is 0 Å². The molecule has 0 saturated carbocycles. The van der Waals surface area contributed by atoms with Gasteiger partial charge in [-0.2, -0.15) is 13.2 Å². The zero-order valence-corrected chi connectivity index (χ0v) is 19.0. The molecule has 4 rings (SSSR count). The Balaban J connectivity index is 1.54. The summed E-state index contributed by atoms with van der Waals surface area (Å²) in [6, 6.07) is 10.9. The van der Waals surface area contributed by atoms with Crippen molar-refractivity contribution in [3.63, 3.8) is 0 Å². The van der Waals surface area contributed by atoms with E-state index in [9.17, 15) is 13.2 Å². The van der Waals surface area contributed by atoms with Crippen molar-refractivity contribution in [2.45, 2.75) is 38.5 Å². The molecule has 7 nitrogen and oxygen atoms in total. The molecule has 33 heavy (non-hydrogen) atoms. The van der Waals surface area contributed by atoms with Crippen LogP contribution in [0.2, 0.25) is 5.02 Å². The maximum atomic E-state index is 13.0. The summed E-state index contributed by atoms with van der Waals surface area (Å²) in [6.07, 6.45) is -1.62. The summed E-state index contributed by atoms with van der Waals surface area (Å²) in [5.74, 6) is 1.15.